The van der Waals surface area contributed by atoms with Gasteiger partial charge in [-0.15, -0.1) is 11.3 Å². The number of rotatable bonds is 4. The Labute approximate surface area is 103 Å². The van der Waals surface area contributed by atoms with Gasteiger partial charge in [0.1, 0.15) is 0 Å². The Kier molecular flexibility index (Phi) is 3.51. The second-order valence-electron chi connectivity index (χ2n) is 3.71. The van der Waals surface area contributed by atoms with Crippen molar-refractivity contribution in [3.05, 3.63) is 46.4 Å². The van der Waals surface area contributed by atoms with Gasteiger partial charge in [-0.25, -0.2) is 0 Å². The molecule has 5 heteroatoms. The van der Waals surface area contributed by atoms with Crippen molar-refractivity contribution in [1.82, 2.24) is 4.98 Å². The Morgan fingerprint density at radius 1 is 1.47 bits per heavy atom. The predicted octanol–water partition coefficient (Wildman–Crippen LogP) is 1.54. The van der Waals surface area contributed by atoms with Gasteiger partial charge in [0.25, 0.3) is 0 Å². The maximum absolute atomic E-state index is 12.0. The van der Waals surface area contributed by atoms with Crippen LogP contribution in [0.25, 0.3) is 0 Å². The number of pyridine rings is 1. The Morgan fingerprint density at radius 3 is 2.94 bits per heavy atom. The van der Waals surface area contributed by atoms with Crippen LogP contribution in [0.1, 0.15) is 16.5 Å². The minimum Gasteiger partial charge on any atom is -0.398 e. The van der Waals surface area contributed by atoms with E-state index in [1.807, 2.05) is 17.5 Å². The lowest BCUT2D eigenvalue weighted by atomic mass is 10.0. The minimum absolute atomic E-state index is 0.0489. The number of nitrogens with zero attached hydrogens (tertiary/aromatic N) is 1. The van der Waals surface area contributed by atoms with Crippen molar-refractivity contribution in [1.29, 1.82) is 0 Å². The number of ketones is 1. The average molecular weight is 247 g/mol. The summed E-state index contributed by atoms with van der Waals surface area (Å²) in [6.45, 7) is 0. The van der Waals surface area contributed by atoms with E-state index in [9.17, 15) is 4.79 Å². The van der Waals surface area contributed by atoms with Crippen LogP contribution in [0.5, 0.6) is 0 Å². The third-order valence-corrected chi connectivity index (χ3v) is 3.46. The van der Waals surface area contributed by atoms with Crippen molar-refractivity contribution in [2.24, 2.45) is 5.73 Å². The topological polar surface area (TPSA) is 82.0 Å². The first kappa shape index (κ1) is 11.8. The zero-order valence-corrected chi connectivity index (χ0v) is 9.98. The molecule has 0 aromatic carbocycles. The third-order valence-electron chi connectivity index (χ3n) is 2.50. The first-order valence-corrected chi connectivity index (χ1v) is 6.06. The monoisotopic (exact) mass is 247 g/mol. The molecule has 0 aliphatic rings. The lowest BCUT2D eigenvalue weighted by molar-refractivity contribution is -0.119. The molecule has 1 unspecified atom stereocenters. The van der Waals surface area contributed by atoms with Gasteiger partial charge >= 0.3 is 0 Å². The second-order valence-corrected chi connectivity index (χ2v) is 4.69. The van der Waals surface area contributed by atoms with E-state index in [1.165, 1.54) is 11.3 Å². The zero-order valence-electron chi connectivity index (χ0n) is 9.17. The van der Waals surface area contributed by atoms with E-state index in [0.717, 1.165) is 10.4 Å². The number of anilines is 1. The first-order valence-electron chi connectivity index (χ1n) is 5.18. The standard InChI is InChI=1S/C12H13N3OS/c13-9-3-4-15-7-8(9)6-10(16)12(14)11-2-1-5-17-11/h1-5,7,12H,6,14H2,(H2,13,15). The van der Waals surface area contributed by atoms with Crippen molar-refractivity contribution in [2.75, 3.05) is 5.73 Å². The summed E-state index contributed by atoms with van der Waals surface area (Å²) in [5, 5.41) is 1.90. The third kappa shape index (κ3) is 2.69. The Morgan fingerprint density at radius 2 is 2.29 bits per heavy atom. The van der Waals surface area contributed by atoms with E-state index in [4.69, 9.17) is 11.5 Å². The maximum atomic E-state index is 12.0. The number of hydrogen-bond acceptors (Lipinski definition) is 5. The molecule has 2 heterocycles. The van der Waals surface area contributed by atoms with Gasteiger partial charge in [-0.05, 0) is 17.5 Å². The number of hydrogen-bond donors (Lipinski definition) is 2. The van der Waals surface area contributed by atoms with E-state index in [0.29, 0.717) is 5.69 Å². The van der Waals surface area contributed by atoms with Crippen LogP contribution in [-0.2, 0) is 11.2 Å². The van der Waals surface area contributed by atoms with Crippen LogP contribution in [0, 0.1) is 0 Å². The number of nitrogens with two attached hydrogens (primary N) is 2. The summed E-state index contributed by atoms with van der Waals surface area (Å²) in [4.78, 5) is 16.8. The summed E-state index contributed by atoms with van der Waals surface area (Å²) >= 11 is 1.48. The molecule has 1 atom stereocenters. The summed E-state index contributed by atoms with van der Waals surface area (Å²) < 4.78 is 0. The summed E-state index contributed by atoms with van der Waals surface area (Å²) in [5.74, 6) is -0.0489. The summed E-state index contributed by atoms with van der Waals surface area (Å²) in [5.41, 5.74) is 12.9. The van der Waals surface area contributed by atoms with Crippen LogP contribution in [0.3, 0.4) is 0 Å². The van der Waals surface area contributed by atoms with Crippen molar-refractivity contribution < 1.29 is 4.79 Å². The summed E-state index contributed by atoms with van der Waals surface area (Å²) in [6.07, 6.45) is 3.43. The van der Waals surface area contributed by atoms with Gasteiger partial charge in [-0.3, -0.25) is 9.78 Å². The molecule has 0 aliphatic heterocycles. The number of thiophene rings is 1. The van der Waals surface area contributed by atoms with Crippen LogP contribution < -0.4 is 11.5 Å². The lowest BCUT2D eigenvalue weighted by Gasteiger charge is -2.09. The molecule has 4 nitrogen and oxygen atoms in total. The predicted molar refractivity (Wildman–Crippen MR) is 68.6 cm³/mol. The molecule has 0 saturated heterocycles. The largest absolute Gasteiger partial charge is 0.398 e. The zero-order chi connectivity index (χ0) is 12.3. The van der Waals surface area contributed by atoms with E-state index in [-0.39, 0.29) is 12.2 Å². The maximum Gasteiger partial charge on any atom is 0.159 e. The molecular formula is C12H13N3OS. The molecule has 0 radical (unpaired) electrons. The van der Waals surface area contributed by atoms with E-state index < -0.39 is 6.04 Å². The van der Waals surface area contributed by atoms with Gasteiger partial charge < -0.3 is 11.5 Å². The molecule has 0 saturated carbocycles. The van der Waals surface area contributed by atoms with Crippen molar-refractivity contribution >= 4 is 22.8 Å². The van der Waals surface area contributed by atoms with Gasteiger partial charge in [0.15, 0.2) is 5.78 Å². The fourth-order valence-electron chi connectivity index (χ4n) is 1.51. The highest BCUT2D eigenvalue weighted by Crippen LogP contribution is 2.20. The molecule has 0 fully saturated rings. The van der Waals surface area contributed by atoms with Gasteiger partial charge in [0.2, 0.25) is 0 Å². The lowest BCUT2D eigenvalue weighted by Crippen LogP contribution is -2.22. The molecule has 0 aliphatic carbocycles. The van der Waals surface area contributed by atoms with Crippen LogP contribution >= 0.6 is 11.3 Å². The minimum atomic E-state index is -0.574. The fourth-order valence-corrected chi connectivity index (χ4v) is 2.26. The van der Waals surface area contributed by atoms with Gasteiger partial charge in [0, 0.05) is 34.9 Å². The van der Waals surface area contributed by atoms with Crippen LogP contribution in [0.15, 0.2) is 36.0 Å². The number of aromatic nitrogens is 1. The summed E-state index contributed by atoms with van der Waals surface area (Å²) in [7, 11) is 0. The molecule has 88 valence electrons. The van der Waals surface area contributed by atoms with Crippen molar-refractivity contribution in [3.63, 3.8) is 0 Å². The van der Waals surface area contributed by atoms with Crippen molar-refractivity contribution in [3.8, 4) is 0 Å². The normalized spacial score (nSPS) is 12.3. The highest BCUT2D eigenvalue weighted by atomic mass is 32.1. The highest BCUT2D eigenvalue weighted by Gasteiger charge is 2.17. The molecule has 2 aromatic rings. The van der Waals surface area contributed by atoms with Gasteiger partial charge in [0.05, 0.1) is 6.04 Å². The van der Waals surface area contributed by atoms with Gasteiger partial charge in [-0.1, -0.05) is 6.07 Å². The van der Waals surface area contributed by atoms with Crippen molar-refractivity contribution in [2.45, 2.75) is 12.5 Å². The Balaban J connectivity index is 2.10. The van der Waals surface area contributed by atoms with E-state index >= 15 is 0 Å². The highest BCUT2D eigenvalue weighted by molar-refractivity contribution is 7.10. The van der Waals surface area contributed by atoms with Crippen LogP contribution in [0.2, 0.25) is 0 Å². The molecule has 2 aromatic heterocycles. The van der Waals surface area contributed by atoms with E-state index in [2.05, 4.69) is 4.98 Å². The molecule has 0 bridgehead atoms. The van der Waals surface area contributed by atoms with Gasteiger partial charge in [-0.2, -0.15) is 0 Å². The molecular weight excluding hydrogens is 234 g/mol. The first-order chi connectivity index (χ1) is 8.18. The number of Topliss-reactive ketones (excluding diaryl/α,β-unsaturated/α-hetero) is 1. The number of nitrogen functional groups attached to an aromatic ring is 1. The second kappa shape index (κ2) is 5.07. The molecule has 0 spiro atoms. The molecule has 17 heavy (non-hydrogen) atoms. The van der Waals surface area contributed by atoms with E-state index in [1.54, 1.807) is 18.5 Å². The quantitative estimate of drug-likeness (QED) is 0.858. The smallest absolute Gasteiger partial charge is 0.159 e. The van der Waals surface area contributed by atoms with Crippen LogP contribution in [-0.4, -0.2) is 10.8 Å². The molecule has 2 rings (SSSR count). The molecule has 4 N–H and O–H groups in total. The molecule has 0 amide bonds. The summed E-state index contributed by atoms with van der Waals surface area (Å²) in [6, 6.07) is 4.85. The Bertz CT molecular complexity index is 510. The number of carbonyl (C=O) groups excluding carboxylic acids is 1. The fraction of sp³-hybridized carbons (Fsp3) is 0.167. The number of carbonyl (C=O) groups is 1. The average Bonchev–Trinajstić information content (AvgIpc) is 2.84. The SMILES string of the molecule is Nc1ccncc1CC(=O)C(N)c1cccs1. The van der Waals surface area contributed by atoms with Crippen LogP contribution in [0.4, 0.5) is 5.69 Å². The Hall–Kier alpha value is -1.72.